The lowest BCUT2D eigenvalue weighted by atomic mass is 10.1. The summed E-state index contributed by atoms with van der Waals surface area (Å²) in [5.41, 5.74) is 0.417. The molecule has 0 heterocycles. The van der Waals surface area contributed by atoms with Gasteiger partial charge in [0.2, 0.25) is 0 Å². The standard InChI is InChI=1S/C12H15BrO3S/c1-9(2)7-17(15,16)8-12(14)10-5-3-4-6-11(10)13/h3-6,9H,7-8H2,1-2H3. The van der Waals surface area contributed by atoms with E-state index in [-0.39, 0.29) is 17.5 Å². The second kappa shape index (κ2) is 5.78. The summed E-state index contributed by atoms with van der Waals surface area (Å²) < 4.78 is 24.0. The Morgan fingerprint density at radius 3 is 2.41 bits per heavy atom. The topological polar surface area (TPSA) is 51.2 Å². The Balaban J connectivity index is 2.84. The summed E-state index contributed by atoms with van der Waals surface area (Å²) in [5.74, 6) is -0.707. The summed E-state index contributed by atoms with van der Waals surface area (Å²) in [6.45, 7) is 3.64. The van der Waals surface area contributed by atoms with Crippen LogP contribution in [0.1, 0.15) is 24.2 Å². The summed E-state index contributed by atoms with van der Waals surface area (Å²) in [7, 11) is -3.32. The zero-order chi connectivity index (χ0) is 13.1. The van der Waals surface area contributed by atoms with Gasteiger partial charge in [-0.15, -0.1) is 0 Å². The average molecular weight is 319 g/mol. The summed E-state index contributed by atoms with van der Waals surface area (Å²) in [6.07, 6.45) is 0. The first-order valence-corrected chi connectivity index (χ1v) is 7.91. The van der Waals surface area contributed by atoms with Gasteiger partial charge in [-0.3, -0.25) is 4.79 Å². The highest BCUT2D eigenvalue weighted by Crippen LogP contribution is 2.17. The van der Waals surface area contributed by atoms with Crippen LogP contribution in [-0.2, 0) is 9.84 Å². The number of Topliss-reactive ketones (excluding diaryl/α,β-unsaturated/α-hetero) is 1. The number of benzene rings is 1. The van der Waals surface area contributed by atoms with E-state index in [0.717, 1.165) is 0 Å². The predicted octanol–water partition coefficient (Wildman–Crippen LogP) is 2.70. The molecule has 3 nitrogen and oxygen atoms in total. The van der Waals surface area contributed by atoms with E-state index in [0.29, 0.717) is 10.0 Å². The van der Waals surface area contributed by atoms with E-state index >= 15 is 0 Å². The summed E-state index contributed by atoms with van der Waals surface area (Å²) in [6, 6.07) is 6.84. The number of hydrogen-bond acceptors (Lipinski definition) is 3. The summed E-state index contributed by atoms with van der Waals surface area (Å²) >= 11 is 3.24. The van der Waals surface area contributed by atoms with Crippen molar-refractivity contribution in [3.05, 3.63) is 34.3 Å². The van der Waals surface area contributed by atoms with E-state index in [4.69, 9.17) is 0 Å². The second-order valence-corrected chi connectivity index (χ2v) is 7.31. The number of carbonyl (C=O) groups excluding carboxylic acids is 1. The van der Waals surface area contributed by atoms with Crippen molar-refractivity contribution in [2.45, 2.75) is 13.8 Å². The number of halogens is 1. The molecule has 0 aliphatic rings. The maximum Gasteiger partial charge on any atom is 0.178 e. The Morgan fingerprint density at radius 2 is 1.88 bits per heavy atom. The van der Waals surface area contributed by atoms with Crippen molar-refractivity contribution in [3.8, 4) is 0 Å². The van der Waals surface area contributed by atoms with Crippen LogP contribution in [0.2, 0.25) is 0 Å². The lowest BCUT2D eigenvalue weighted by Crippen LogP contribution is -2.21. The highest BCUT2D eigenvalue weighted by molar-refractivity contribution is 9.10. The molecule has 0 saturated carbocycles. The Kier molecular flexibility index (Phi) is 4.89. The first kappa shape index (κ1) is 14.4. The molecular weight excluding hydrogens is 304 g/mol. The third-order valence-corrected chi connectivity index (χ3v) is 4.68. The molecule has 0 fully saturated rings. The van der Waals surface area contributed by atoms with Gasteiger partial charge in [0, 0.05) is 10.0 Å². The van der Waals surface area contributed by atoms with E-state index in [1.54, 1.807) is 24.3 Å². The molecule has 0 N–H and O–H groups in total. The zero-order valence-electron chi connectivity index (χ0n) is 9.81. The molecule has 0 amide bonds. The van der Waals surface area contributed by atoms with Crippen LogP contribution >= 0.6 is 15.9 Å². The normalized spacial score (nSPS) is 11.8. The van der Waals surface area contributed by atoms with E-state index in [1.165, 1.54) is 0 Å². The molecule has 1 aromatic carbocycles. The lowest BCUT2D eigenvalue weighted by Gasteiger charge is -2.07. The van der Waals surface area contributed by atoms with Gasteiger partial charge < -0.3 is 0 Å². The van der Waals surface area contributed by atoms with Gasteiger partial charge in [-0.25, -0.2) is 8.42 Å². The van der Waals surface area contributed by atoms with Crippen molar-refractivity contribution >= 4 is 31.6 Å². The zero-order valence-corrected chi connectivity index (χ0v) is 12.2. The van der Waals surface area contributed by atoms with Gasteiger partial charge in [0.15, 0.2) is 15.6 Å². The number of hydrogen-bond donors (Lipinski definition) is 0. The average Bonchev–Trinajstić information content (AvgIpc) is 2.14. The third-order valence-electron chi connectivity index (χ3n) is 2.11. The Hall–Kier alpha value is -0.680. The van der Waals surface area contributed by atoms with Gasteiger partial charge in [0.05, 0.1) is 5.75 Å². The fourth-order valence-electron chi connectivity index (χ4n) is 1.53. The highest BCUT2D eigenvalue weighted by Gasteiger charge is 2.20. The van der Waals surface area contributed by atoms with Gasteiger partial charge in [-0.2, -0.15) is 0 Å². The molecule has 0 aromatic heterocycles. The van der Waals surface area contributed by atoms with Crippen molar-refractivity contribution < 1.29 is 13.2 Å². The molecule has 17 heavy (non-hydrogen) atoms. The molecule has 1 rings (SSSR count). The van der Waals surface area contributed by atoms with Gasteiger partial charge in [0.25, 0.3) is 0 Å². The van der Waals surface area contributed by atoms with E-state index in [1.807, 2.05) is 13.8 Å². The molecule has 0 spiro atoms. The molecule has 1 aromatic rings. The molecule has 0 unspecified atom stereocenters. The van der Waals surface area contributed by atoms with Crippen molar-refractivity contribution in [2.75, 3.05) is 11.5 Å². The predicted molar refractivity (Wildman–Crippen MR) is 72.0 cm³/mol. The van der Waals surface area contributed by atoms with Crippen LogP contribution < -0.4 is 0 Å². The largest absolute Gasteiger partial charge is 0.293 e. The monoisotopic (exact) mass is 318 g/mol. The molecule has 0 aliphatic carbocycles. The quantitative estimate of drug-likeness (QED) is 0.784. The van der Waals surface area contributed by atoms with Crippen LogP contribution in [-0.4, -0.2) is 25.7 Å². The Labute approximate surface area is 110 Å². The van der Waals surface area contributed by atoms with Crippen LogP contribution in [0.15, 0.2) is 28.7 Å². The van der Waals surface area contributed by atoms with Crippen molar-refractivity contribution in [2.24, 2.45) is 5.92 Å². The van der Waals surface area contributed by atoms with E-state index in [9.17, 15) is 13.2 Å². The minimum Gasteiger partial charge on any atom is -0.293 e. The second-order valence-electron chi connectivity index (χ2n) is 4.35. The number of sulfone groups is 1. The highest BCUT2D eigenvalue weighted by atomic mass is 79.9. The molecule has 5 heteroatoms. The third kappa shape index (κ3) is 4.60. The minimum atomic E-state index is -3.32. The summed E-state index contributed by atoms with van der Waals surface area (Å²) in [5, 5.41) is 0. The fraction of sp³-hybridized carbons (Fsp3) is 0.417. The van der Waals surface area contributed by atoms with Gasteiger partial charge in [-0.05, 0) is 12.0 Å². The van der Waals surface area contributed by atoms with Crippen LogP contribution in [0, 0.1) is 5.92 Å². The van der Waals surface area contributed by atoms with Gasteiger partial charge in [-0.1, -0.05) is 48.0 Å². The van der Waals surface area contributed by atoms with Crippen LogP contribution in [0.3, 0.4) is 0 Å². The van der Waals surface area contributed by atoms with Gasteiger partial charge in [0.1, 0.15) is 5.75 Å². The molecule has 0 atom stereocenters. The number of rotatable bonds is 5. The van der Waals surface area contributed by atoms with E-state index in [2.05, 4.69) is 15.9 Å². The van der Waals surface area contributed by atoms with Gasteiger partial charge >= 0.3 is 0 Å². The molecule has 94 valence electrons. The Morgan fingerprint density at radius 1 is 1.29 bits per heavy atom. The summed E-state index contributed by atoms with van der Waals surface area (Å²) in [4.78, 5) is 11.9. The van der Waals surface area contributed by atoms with Crippen LogP contribution in [0.25, 0.3) is 0 Å². The maximum atomic E-state index is 11.9. The smallest absolute Gasteiger partial charge is 0.178 e. The molecular formula is C12H15BrO3S. The molecule has 0 aliphatic heterocycles. The Bertz CT molecular complexity index is 506. The molecule has 0 bridgehead atoms. The maximum absolute atomic E-state index is 11.9. The first-order valence-electron chi connectivity index (χ1n) is 5.30. The first-order chi connectivity index (χ1) is 7.82. The van der Waals surface area contributed by atoms with Crippen molar-refractivity contribution in [1.82, 2.24) is 0 Å². The van der Waals surface area contributed by atoms with Crippen LogP contribution in [0.5, 0.6) is 0 Å². The minimum absolute atomic E-state index is 0.0343. The van der Waals surface area contributed by atoms with Crippen molar-refractivity contribution in [1.29, 1.82) is 0 Å². The van der Waals surface area contributed by atoms with Crippen LogP contribution in [0.4, 0.5) is 0 Å². The molecule has 0 radical (unpaired) electrons. The lowest BCUT2D eigenvalue weighted by molar-refractivity contribution is 0.102. The SMILES string of the molecule is CC(C)CS(=O)(=O)CC(=O)c1ccccc1Br. The number of ketones is 1. The van der Waals surface area contributed by atoms with Crippen molar-refractivity contribution in [3.63, 3.8) is 0 Å². The molecule has 0 saturated heterocycles. The fourth-order valence-corrected chi connectivity index (χ4v) is 3.73. The van der Waals surface area contributed by atoms with E-state index < -0.39 is 15.6 Å². The number of carbonyl (C=O) groups is 1.